The summed E-state index contributed by atoms with van der Waals surface area (Å²) in [6, 6.07) is 11.9. The summed E-state index contributed by atoms with van der Waals surface area (Å²) in [4.78, 5) is 12.4. The van der Waals surface area contributed by atoms with Crippen LogP contribution in [0.25, 0.3) is 0 Å². The summed E-state index contributed by atoms with van der Waals surface area (Å²) < 4.78 is 36.5. The number of amides is 1. The summed E-state index contributed by atoms with van der Waals surface area (Å²) >= 11 is 0. The monoisotopic (exact) mass is 420 g/mol. The number of rotatable bonds is 7. The van der Waals surface area contributed by atoms with Gasteiger partial charge in [-0.2, -0.15) is 0 Å². The highest BCUT2D eigenvalue weighted by Crippen LogP contribution is 2.28. The van der Waals surface area contributed by atoms with E-state index in [2.05, 4.69) is 26.1 Å². The summed E-state index contributed by atoms with van der Waals surface area (Å²) in [5, 5.41) is 2.65. The molecule has 1 amide bonds. The van der Waals surface area contributed by atoms with Crippen LogP contribution in [-0.2, 0) is 20.2 Å². The minimum atomic E-state index is -3.64. The average Bonchev–Trinajstić information content (AvgIpc) is 2.65. The Kier molecular flexibility index (Phi) is 6.92. The van der Waals surface area contributed by atoms with E-state index in [1.165, 1.54) is 39.4 Å². The maximum atomic E-state index is 12.3. The van der Waals surface area contributed by atoms with Gasteiger partial charge in [0.1, 0.15) is 11.5 Å². The first-order valence-electron chi connectivity index (χ1n) is 9.09. The van der Waals surface area contributed by atoms with E-state index in [0.717, 1.165) is 9.87 Å². The molecule has 0 aliphatic heterocycles. The lowest BCUT2D eigenvalue weighted by Crippen LogP contribution is -2.23. The largest absolute Gasteiger partial charge is 0.495 e. The van der Waals surface area contributed by atoms with Crippen LogP contribution >= 0.6 is 0 Å². The molecule has 1 N–H and O–H groups in total. The van der Waals surface area contributed by atoms with Gasteiger partial charge in [0.2, 0.25) is 10.0 Å². The number of nitrogens with one attached hydrogen (secondary N) is 1. The number of carbonyl (C=O) groups is 1. The SMILES string of the molecule is COc1ccc(S(=O)(=O)N(C)C)cc1NC(=O)COc1ccc(C(C)(C)C)cc1. The van der Waals surface area contributed by atoms with Crippen LogP contribution in [0.15, 0.2) is 47.4 Å². The lowest BCUT2D eigenvalue weighted by atomic mass is 9.87. The Hall–Kier alpha value is -2.58. The standard InChI is InChI=1S/C21H28N2O5S/c1-21(2,3)15-7-9-16(10-8-15)28-14-20(24)22-18-13-17(11-12-19(18)27-6)29(25,26)23(4)5/h7-13H,14H2,1-6H3,(H,22,24). The molecule has 0 aromatic heterocycles. The highest BCUT2D eigenvalue weighted by Gasteiger charge is 2.20. The van der Waals surface area contributed by atoms with E-state index in [1.807, 2.05) is 24.3 Å². The lowest BCUT2D eigenvalue weighted by molar-refractivity contribution is -0.118. The van der Waals surface area contributed by atoms with Crippen molar-refractivity contribution in [2.75, 3.05) is 33.1 Å². The van der Waals surface area contributed by atoms with Crippen LogP contribution in [0.1, 0.15) is 26.3 Å². The van der Waals surface area contributed by atoms with Crippen LogP contribution in [0.4, 0.5) is 5.69 Å². The zero-order chi connectivity index (χ0) is 21.8. The third-order valence-electron chi connectivity index (χ3n) is 4.31. The van der Waals surface area contributed by atoms with Crippen LogP contribution in [0.3, 0.4) is 0 Å². The highest BCUT2D eigenvalue weighted by atomic mass is 32.2. The predicted octanol–water partition coefficient (Wildman–Crippen LogP) is 3.26. The van der Waals surface area contributed by atoms with Gasteiger partial charge in [-0.3, -0.25) is 4.79 Å². The summed E-state index contributed by atoms with van der Waals surface area (Å²) in [5.41, 5.74) is 1.45. The molecule has 0 unspecified atom stereocenters. The fourth-order valence-electron chi connectivity index (χ4n) is 2.54. The van der Waals surface area contributed by atoms with Crippen molar-refractivity contribution in [1.29, 1.82) is 0 Å². The van der Waals surface area contributed by atoms with Gasteiger partial charge >= 0.3 is 0 Å². The molecular weight excluding hydrogens is 392 g/mol. The Balaban J connectivity index is 2.10. The Morgan fingerprint density at radius 3 is 2.21 bits per heavy atom. The molecule has 0 saturated carbocycles. The molecule has 158 valence electrons. The van der Waals surface area contributed by atoms with Gasteiger partial charge in [-0.15, -0.1) is 0 Å². The molecule has 0 radical (unpaired) electrons. The molecule has 0 aliphatic rings. The molecule has 2 aromatic carbocycles. The molecular formula is C21H28N2O5S. The minimum absolute atomic E-state index is 0.0321. The fraction of sp³-hybridized carbons (Fsp3) is 0.381. The summed E-state index contributed by atoms with van der Waals surface area (Å²) in [6.07, 6.45) is 0. The molecule has 0 aliphatic carbocycles. The van der Waals surface area contributed by atoms with Crippen molar-refractivity contribution in [1.82, 2.24) is 4.31 Å². The molecule has 0 heterocycles. The Morgan fingerprint density at radius 1 is 1.07 bits per heavy atom. The fourth-order valence-corrected chi connectivity index (χ4v) is 3.47. The molecule has 29 heavy (non-hydrogen) atoms. The van der Waals surface area contributed by atoms with Gasteiger partial charge in [0, 0.05) is 14.1 Å². The number of ether oxygens (including phenoxy) is 2. The number of carbonyl (C=O) groups excluding carboxylic acids is 1. The normalized spacial score (nSPS) is 12.0. The molecule has 0 bridgehead atoms. The molecule has 0 spiro atoms. The molecule has 7 nitrogen and oxygen atoms in total. The van der Waals surface area contributed by atoms with Gasteiger partial charge in [0.25, 0.3) is 5.91 Å². The zero-order valence-electron chi connectivity index (χ0n) is 17.6. The number of hydrogen-bond acceptors (Lipinski definition) is 5. The third-order valence-corrected chi connectivity index (χ3v) is 6.12. The van der Waals surface area contributed by atoms with Crippen LogP contribution < -0.4 is 14.8 Å². The molecule has 0 saturated heterocycles. The quantitative estimate of drug-likeness (QED) is 0.743. The molecule has 0 fully saturated rings. The topological polar surface area (TPSA) is 84.9 Å². The highest BCUT2D eigenvalue weighted by molar-refractivity contribution is 7.89. The summed E-state index contributed by atoms with van der Waals surface area (Å²) in [7, 11) is 0.689. The predicted molar refractivity (Wildman–Crippen MR) is 113 cm³/mol. The van der Waals surface area contributed by atoms with E-state index in [0.29, 0.717) is 11.5 Å². The summed E-state index contributed by atoms with van der Waals surface area (Å²) in [5.74, 6) is 0.497. The van der Waals surface area contributed by atoms with Crippen molar-refractivity contribution in [3.8, 4) is 11.5 Å². The van der Waals surface area contributed by atoms with E-state index in [1.54, 1.807) is 0 Å². The minimum Gasteiger partial charge on any atom is -0.495 e. The van der Waals surface area contributed by atoms with Gasteiger partial charge in [-0.1, -0.05) is 32.9 Å². The second-order valence-electron chi connectivity index (χ2n) is 7.76. The molecule has 2 aromatic rings. The zero-order valence-corrected chi connectivity index (χ0v) is 18.5. The third kappa shape index (κ3) is 5.71. The first-order valence-corrected chi connectivity index (χ1v) is 10.5. The van der Waals surface area contributed by atoms with Crippen LogP contribution in [-0.4, -0.2) is 46.4 Å². The Bertz CT molecular complexity index is 962. The van der Waals surface area contributed by atoms with Crippen molar-refractivity contribution in [3.05, 3.63) is 48.0 Å². The van der Waals surface area contributed by atoms with Gasteiger partial charge in [-0.25, -0.2) is 12.7 Å². The average molecular weight is 421 g/mol. The molecule has 2 rings (SSSR count). The van der Waals surface area contributed by atoms with Crippen molar-refractivity contribution >= 4 is 21.6 Å². The van der Waals surface area contributed by atoms with Crippen molar-refractivity contribution < 1.29 is 22.7 Å². The van der Waals surface area contributed by atoms with Crippen LogP contribution in [0.5, 0.6) is 11.5 Å². The number of methoxy groups -OCH3 is 1. The van der Waals surface area contributed by atoms with Gasteiger partial charge in [-0.05, 0) is 41.3 Å². The second-order valence-corrected chi connectivity index (χ2v) is 9.91. The number of sulfonamides is 1. The lowest BCUT2D eigenvalue weighted by Gasteiger charge is -2.19. The number of hydrogen-bond donors (Lipinski definition) is 1. The van der Waals surface area contributed by atoms with E-state index in [-0.39, 0.29) is 22.6 Å². The molecule has 0 atom stereocenters. The smallest absolute Gasteiger partial charge is 0.262 e. The summed E-state index contributed by atoms with van der Waals surface area (Å²) in [6.45, 7) is 6.14. The maximum Gasteiger partial charge on any atom is 0.262 e. The van der Waals surface area contributed by atoms with E-state index < -0.39 is 15.9 Å². The Labute approximate surface area is 172 Å². The number of nitrogens with zero attached hydrogens (tertiary/aromatic N) is 1. The van der Waals surface area contributed by atoms with Gasteiger partial charge in [0.15, 0.2) is 6.61 Å². The van der Waals surface area contributed by atoms with E-state index in [4.69, 9.17) is 9.47 Å². The van der Waals surface area contributed by atoms with Gasteiger partial charge < -0.3 is 14.8 Å². The second kappa shape index (κ2) is 8.84. The van der Waals surface area contributed by atoms with Crippen molar-refractivity contribution in [3.63, 3.8) is 0 Å². The Morgan fingerprint density at radius 2 is 1.69 bits per heavy atom. The first kappa shape index (κ1) is 22.7. The maximum absolute atomic E-state index is 12.3. The van der Waals surface area contributed by atoms with Crippen molar-refractivity contribution in [2.24, 2.45) is 0 Å². The van der Waals surface area contributed by atoms with Crippen LogP contribution in [0.2, 0.25) is 0 Å². The number of benzene rings is 2. The molecule has 8 heteroatoms. The van der Waals surface area contributed by atoms with Gasteiger partial charge in [0.05, 0.1) is 17.7 Å². The number of anilines is 1. The van der Waals surface area contributed by atoms with E-state index >= 15 is 0 Å². The van der Waals surface area contributed by atoms with Crippen molar-refractivity contribution in [2.45, 2.75) is 31.1 Å². The van der Waals surface area contributed by atoms with Crippen LogP contribution in [0, 0.1) is 0 Å². The van der Waals surface area contributed by atoms with E-state index in [9.17, 15) is 13.2 Å². The first-order chi connectivity index (χ1) is 13.4.